The van der Waals surface area contributed by atoms with Crippen LogP contribution in [0.2, 0.25) is 0 Å². The van der Waals surface area contributed by atoms with E-state index in [4.69, 9.17) is 0 Å². The fraction of sp³-hybridized carbons (Fsp3) is 0.278. The Hall–Kier alpha value is -3.29. The third-order valence-electron chi connectivity index (χ3n) is 4.36. The van der Waals surface area contributed by atoms with Gasteiger partial charge in [-0.15, -0.1) is 0 Å². The quantitative estimate of drug-likeness (QED) is 0.757. The number of hydrogen-bond acceptors (Lipinski definition) is 6. The minimum Gasteiger partial charge on any atom is -0.366 e. The van der Waals surface area contributed by atoms with E-state index in [1.807, 2.05) is 17.0 Å². The molecule has 4 rings (SSSR count). The average molecular weight is 349 g/mol. The fourth-order valence-electron chi connectivity index (χ4n) is 3.04. The highest BCUT2D eigenvalue weighted by Crippen LogP contribution is 2.16. The normalized spacial score (nSPS) is 13.8. The van der Waals surface area contributed by atoms with Crippen LogP contribution < -0.4 is 5.32 Å². The van der Waals surface area contributed by atoms with Crippen molar-refractivity contribution in [3.63, 3.8) is 0 Å². The summed E-state index contributed by atoms with van der Waals surface area (Å²) in [4.78, 5) is 27.1. The summed E-state index contributed by atoms with van der Waals surface area (Å²) < 4.78 is 1.62. The summed E-state index contributed by atoms with van der Waals surface area (Å²) in [6.45, 7) is 2.18. The number of amides is 1. The van der Waals surface area contributed by atoms with Crippen molar-refractivity contribution >= 4 is 11.7 Å². The third kappa shape index (κ3) is 3.39. The molecule has 0 unspecified atom stereocenters. The number of carbonyl (C=O) groups excluding carboxylic acids is 1. The van der Waals surface area contributed by atoms with Crippen molar-refractivity contribution in [3.05, 3.63) is 60.4 Å². The molecular formula is C18H19N7O. The minimum absolute atomic E-state index is 0.0673. The van der Waals surface area contributed by atoms with E-state index in [0.29, 0.717) is 23.7 Å². The maximum absolute atomic E-state index is 12.5. The van der Waals surface area contributed by atoms with Crippen molar-refractivity contribution in [1.82, 2.24) is 29.6 Å². The molecule has 3 aromatic heterocycles. The van der Waals surface area contributed by atoms with Crippen molar-refractivity contribution in [2.24, 2.45) is 0 Å². The Morgan fingerprint density at radius 2 is 2.04 bits per heavy atom. The molecule has 4 heterocycles. The second-order valence-corrected chi connectivity index (χ2v) is 6.11. The molecule has 1 fully saturated rings. The highest BCUT2D eigenvalue weighted by atomic mass is 16.2. The predicted octanol–water partition coefficient (Wildman–Crippen LogP) is 1.91. The lowest BCUT2D eigenvalue weighted by molar-refractivity contribution is 0.0793. The molecule has 0 atom stereocenters. The number of carbonyl (C=O) groups is 1. The van der Waals surface area contributed by atoms with Gasteiger partial charge in [0.15, 0.2) is 5.82 Å². The molecule has 132 valence electrons. The van der Waals surface area contributed by atoms with E-state index in [0.717, 1.165) is 31.5 Å². The molecule has 1 saturated heterocycles. The first-order chi connectivity index (χ1) is 12.8. The summed E-state index contributed by atoms with van der Waals surface area (Å²) >= 11 is 0. The van der Waals surface area contributed by atoms with Crippen LogP contribution in [0, 0.1) is 0 Å². The lowest BCUT2D eigenvalue weighted by Gasteiger charge is -2.16. The van der Waals surface area contributed by atoms with E-state index >= 15 is 0 Å². The first-order valence-electron chi connectivity index (χ1n) is 8.59. The minimum atomic E-state index is 0.0673. The van der Waals surface area contributed by atoms with Gasteiger partial charge < -0.3 is 10.2 Å². The van der Waals surface area contributed by atoms with Crippen molar-refractivity contribution in [2.45, 2.75) is 19.4 Å². The largest absolute Gasteiger partial charge is 0.366 e. The Morgan fingerprint density at radius 3 is 2.85 bits per heavy atom. The number of nitrogens with zero attached hydrogens (tertiary/aromatic N) is 6. The summed E-state index contributed by atoms with van der Waals surface area (Å²) in [5.41, 5.74) is 1.61. The molecule has 1 amide bonds. The lowest BCUT2D eigenvalue weighted by atomic mass is 10.2. The maximum Gasteiger partial charge on any atom is 0.254 e. The molecule has 1 N–H and O–H groups in total. The molecule has 26 heavy (non-hydrogen) atoms. The van der Waals surface area contributed by atoms with Crippen molar-refractivity contribution in [3.8, 4) is 5.82 Å². The Morgan fingerprint density at radius 1 is 1.15 bits per heavy atom. The second-order valence-electron chi connectivity index (χ2n) is 6.11. The van der Waals surface area contributed by atoms with Crippen LogP contribution >= 0.6 is 0 Å². The van der Waals surface area contributed by atoms with Crippen LogP contribution in [0.3, 0.4) is 0 Å². The predicted molar refractivity (Wildman–Crippen MR) is 95.9 cm³/mol. The van der Waals surface area contributed by atoms with Gasteiger partial charge in [-0.25, -0.2) is 19.6 Å². The molecular weight excluding hydrogens is 330 g/mol. The molecule has 0 aromatic carbocycles. The number of rotatable bonds is 5. The Labute approximate surface area is 150 Å². The van der Waals surface area contributed by atoms with Gasteiger partial charge in [0.1, 0.15) is 18.5 Å². The first kappa shape index (κ1) is 16.2. The van der Waals surface area contributed by atoms with Gasteiger partial charge in [0.25, 0.3) is 5.91 Å². The molecule has 3 aromatic rings. The smallest absolute Gasteiger partial charge is 0.254 e. The van der Waals surface area contributed by atoms with Crippen molar-refractivity contribution in [1.29, 1.82) is 0 Å². The third-order valence-corrected chi connectivity index (χ3v) is 4.36. The molecule has 0 aliphatic carbocycles. The molecule has 0 radical (unpaired) electrons. The van der Waals surface area contributed by atoms with Gasteiger partial charge >= 0.3 is 0 Å². The molecule has 0 bridgehead atoms. The molecule has 8 heteroatoms. The Balaban J connectivity index is 1.49. The van der Waals surface area contributed by atoms with Crippen LogP contribution in [0.4, 0.5) is 5.82 Å². The van der Waals surface area contributed by atoms with Crippen LogP contribution in [0.5, 0.6) is 0 Å². The van der Waals surface area contributed by atoms with Crippen molar-refractivity contribution in [2.75, 3.05) is 18.4 Å². The second kappa shape index (κ2) is 7.30. The van der Waals surface area contributed by atoms with Gasteiger partial charge in [-0.05, 0) is 31.0 Å². The number of likely N-dealkylation sites (tertiary alicyclic amines) is 1. The van der Waals surface area contributed by atoms with Crippen LogP contribution in [0.25, 0.3) is 5.82 Å². The summed E-state index contributed by atoms with van der Waals surface area (Å²) in [5, 5.41) is 7.40. The van der Waals surface area contributed by atoms with Crippen LogP contribution in [0.15, 0.2) is 49.3 Å². The van der Waals surface area contributed by atoms with E-state index < -0.39 is 0 Å². The maximum atomic E-state index is 12.5. The zero-order valence-electron chi connectivity index (χ0n) is 14.2. The van der Waals surface area contributed by atoms with E-state index in [9.17, 15) is 4.79 Å². The summed E-state index contributed by atoms with van der Waals surface area (Å²) in [6.07, 6.45) is 8.61. The number of anilines is 1. The van der Waals surface area contributed by atoms with Gasteiger partial charge in [0.05, 0.1) is 0 Å². The van der Waals surface area contributed by atoms with Crippen LogP contribution in [-0.2, 0) is 6.54 Å². The van der Waals surface area contributed by atoms with Gasteiger partial charge in [-0.2, -0.15) is 5.10 Å². The molecule has 1 aliphatic heterocycles. The highest BCUT2D eigenvalue weighted by molar-refractivity contribution is 5.95. The first-order valence-corrected chi connectivity index (χ1v) is 8.59. The standard InChI is InChI=1S/C18H19N7O/c26-18(24-8-1-2-9-24)14-5-7-20-16(10-14)22-11-15-4-3-6-21-17(15)25-13-19-12-23-25/h3-7,10,12-13H,1-2,8-9,11H2,(H,20,22). The summed E-state index contributed by atoms with van der Waals surface area (Å²) in [7, 11) is 0. The van der Waals surface area contributed by atoms with Crippen LogP contribution in [0.1, 0.15) is 28.8 Å². The Bertz CT molecular complexity index is 888. The summed E-state index contributed by atoms with van der Waals surface area (Å²) in [6, 6.07) is 7.40. The zero-order valence-corrected chi connectivity index (χ0v) is 14.2. The van der Waals surface area contributed by atoms with E-state index in [2.05, 4.69) is 25.4 Å². The lowest BCUT2D eigenvalue weighted by Crippen LogP contribution is -2.27. The van der Waals surface area contributed by atoms with Gasteiger partial charge in [0.2, 0.25) is 0 Å². The summed E-state index contributed by atoms with van der Waals surface area (Å²) in [5.74, 6) is 1.43. The van der Waals surface area contributed by atoms with Gasteiger partial charge in [0, 0.05) is 43.2 Å². The van der Waals surface area contributed by atoms with E-state index in [1.165, 1.54) is 6.33 Å². The SMILES string of the molecule is O=C(c1ccnc(NCc2cccnc2-n2cncn2)c1)N1CCCC1. The van der Waals surface area contributed by atoms with Crippen LogP contribution in [-0.4, -0.2) is 48.6 Å². The van der Waals surface area contributed by atoms with Gasteiger partial charge in [-0.3, -0.25) is 4.79 Å². The van der Waals surface area contributed by atoms with E-state index in [-0.39, 0.29) is 5.91 Å². The number of nitrogens with one attached hydrogen (secondary N) is 1. The topological polar surface area (TPSA) is 88.8 Å². The average Bonchev–Trinajstić information content (AvgIpc) is 3.40. The van der Waals surface area contributed by atoms with Gasteiger partial charge in [-0.1, -0.05) is 6.07 Å². The van der Waals surface area contributed by atoms with E-state index in [1.54, 1.807) is 35.5 Å². The van der Waals surface area contributed by atoms with Crippen molar-refractivity contribution < 1.29 is 4.79 Å². The molecule has 1 aliphatic rings. The number of pyridine rings is 2. The molecule has 0 spiro atoms. The number of hydrogen-bond donors (Lipinski definition) is 1. The fourth-order valence-corrected chi connectivity index (χ4v) is 3.04. The number of aromatic nitrogens is 5. The molecule has 8 nitrogen and oxygen atoms in total. The Kier molecular flexibility index (Phi) is 4.55. The monoisotopic (exact) mass is 349 g/mol. The highest BCUT2D eigenvalue weighted by Gasteiger charge is 2.19. The molecule has 0 saturated carbocycles. The zero-order chi connectivity index (χ0) is 17.8.